The zero-order chi connectivity index (χ0) is 16.7. The summed E-state index contributed by atoms with van der Waals surface area (Å²) >= 11 is 0. The van der Waals surface area contributed by atoms with Gasteiger partial charge in [0, 0.05) is 10.8 Å². The molecule has 6 atom stereocenters. The Morgan fingerprint density at radius 3 is 2.79 bits per heavy atom. The van der Waals surface area contributed by atoms with Crippen LogP contribution in [0.2, 0.25) is 0 Å². The molecule has 1 aromatic rings. The van der Waals surface area contributed by atoms with Crippen molar-refractivity contribution in [3.05, 3.63) is 41.5 Å². The summed E-state index contributed by atoms with van der Waals surface area (Å²) in [5.41, 5.74) is 1.59. The lowest BCUT2D eigenvalue weighted by Gasteiger charge is -2.56. The first-order chi connectivity index (χ1) is 11.5. The average molecular weight is 326 g/mol. The number of aliphatic hydroxyl groups is 2. The van der Waals surface area contributed by atoms with Gasteiger partial charge in [-0.3, -0.25) is 0 Å². The molecule has 1 aromatic carbocycles. The van der Waals surface area contributed by atoms with Gasteiger partial charge in [0.1, 0.15) is 11.4 Å². The monoisotopic (exact) mass is 326 g/mol. The van der Waals surface area contributed by atoms with Gasteiger partial charge in [0.15, 0.2) is 0 Å². The molecule has 2 saturated carbocycles. The summed E-state index contributed by atoms with van der Waals surface area (Å²) in [5.74, 6) is 1.99. The van der Waals surface area contributed by atoms with E-state index in [-0.39, 0.29) is 10.8 Å². The van der Waals surface area contributed by atoms with Gasteiger partial charge < -0.3 is 14.9 Å². The van der Waals surface area contributed by atoms with Gasteiger partial charge in [0.2, 0.25) is 0 Å². The molecule has 0 aromatic heterocycles. The van der Waals surface area contributed by atoms with E-state index >= 15 is 0 Å². The highest BCUT2D eigenvalue weighted by molar-refractivity contribution is 5.45. The van der Waals surface area contributed by atoms with Gasteiger partial charge in [-0.1, -0.05) is 25.1 Å². The molecule has 0 radical (unpaired) electrons. The van der Waals surface area contributed by atoms with Crippen LogP contribution in [0.1, 0.15) is 49.7 Å². The fraction of sp³-hybridized carbons (Fsp3) is 0.619. The normalized spacial score (nSPS) is 47.9. The lowest BCUT2D eigenvalue weighted by Crippen LogP contribution is -2.53. The van der Waals surface area contributed by atoms with E-state index in [0.717, 1.165) is 31.4 Å². The molecule has 0 spiro atoms. The maximum atomic E-state index is 11.2. The predicted molar refractivity (Wildman–Crippen MR) is 92.0 cm³/mol. The first-order valence-electron chi connectivity index (χ1n) is 9.23. The molecule has 2 bridgehead atoms. The molecule has 2 fully saturated rings. The Hall–Kier alpha value is -1.32. The van der Waals surface area contributed by atoms with E-state index in [2.05, 4.69) is 31.2 Å². The van der Waals surface area contributed by atoms with Gasteiger partial charge in [0.25, 0.3) is 0 Å². The number of fused-ring (bicyclic) bond motifs is 3. The van der Waals surface area contributed by atoms with Crippen LogP contribution in [0.5, 0.6) is 5.75 Å². The first kappa shape index (κ1) is 15.0. The van der Waals surface area contributed by atoms with Crippen LogP contribution in [0.15, 0.2) is 30.4 Å². The van der Waals surface area contributed by atoms with Gasteiger partial charge in [-0.05, 0) is 67.2 Å². The number of hydrogen-bond donors (Lipinski definition) is 2. The third-order valence-electron chi connectivity index (χ3n) is 8.16. The number of allylic oxidation sites excluding steroid dienone is 1. The quantitative estimate of drug-likeness (QED) is 0.779. The van der Waals surface area contributed by atoms with Crippen molar-refractivity contribution in [3.63, 3.8) is 0 Å². The molecule has 0 saturated heterocycles. The second-order valence-electron chi connectivity index (χ2n) is 8.61. The Morgan fingerprint density at radius 2 is 2.04 bits per heavy atom. The van der Waals surface area contributed by atoms with Crippen molar-refractivity contribution in [3.8, 4) is 5.75 Å². The van der Waals surface area contributed by atoms with E-state index in [1.807, 2.05) is 6.08 Å². The first-order valence-corrected chi connectivity index (χ1v) is 9.23. The number of ether oxygens (including phenoxy) is 1. The summed E-state index contributed by atoms with van der Waals surface area (Å²) in [7, 11) is 1.72. The number of rotatable bonds is 1. The SMILES string of the molecule is COc1ccc2c(c1)CC[C@H]1[C@@H]2CC[C@]2(C)[C@@]3(O)C=C[C@]12C[C@@H]3O. The third-order valence-corrected chi connectivity index (χ3v) is 8.16. The van der Waals surface area contributed by atoms with Gasteiger partial charge in [-0.25, -0.2) is 0 Å². The molecule has 0 amide bonds. The minimum atomic E-state index is -1.03. The molecule has 3 heteroatoms. The zero-order valence-electron chi connectivity index (χ0n) is 14.5. The zero-order valence-corrected chi connectivity index (χ0v) is 14.5. The fourth-order valence-electron chi connectivity index (χ4n) is 6.81. The van der Waals surface area contributed by atoms with Crippen molar-refractivity contribution in [1.82, 2.24) is 0 Å². The smallest absolute Gasteiger partial charge is 0.119 e. The minimum Gasteiger partial charge on any atom is -0.497 e. The summed E-state index contributed by atoms with van der Waals surface area (Å²) in [4.78, 5) is 0. The molecule has 2 N–H and O–H groups in total. The topological polar surface area (TPSA) is 49.7 Å². The van der Waals surface area contributed by atoms with Gasteiger partial charge in [-0.15, -0.1) is 0 Å². The third kappa shape index (κ3) is 1.44. The summed E-state index contributed by atoms with van der Waals surface area (Å²) < 4.78 is 5.40. The average Bonchev–Trinajstić information content (AvgIpc) is 2.93. The molecule has 0 aliphatic heterocycles. The van der Waals surface area contributed by atoms with E-state index in [1.165, 1.54) is 11.1 Å². The van der Waals surface area contributed by atoms with Gasteiger partial charge >= 0.3 is 0 Å². The molecule has 5 rings (SSSR count). The lowest BCUT2D eigenvalue weighted by molar-refractivity contribution is -0.112. The van der Waals surface area contributed by atoms with E-state index in [0.29, 0.717) is 18.3 Å². The van der Waals surface area contributed by atoms with E-state index < -0.39 is 11.7 Å². The van der Waals surface area contributed by atoms with E-state index in [9.17, 15) is 10.2 Å². The molecule has 4 aliphatic carbocycles. The highest BCUT2D eigenvalue weighted by Crippen LogP contribution is 2.74. The summed E-state index contributed by atoms with van der Waals surface area (Å²) in [6, 6.07) is 6.53. The van der Waals surface area contributed by atoms with Crippen LogP contribution in [-0.4, -0.2) is 29.0 Å². The number of aryl methyl sites for hydroxylation is 1. The van der Waals surface area contributed by atoms with E-state index in [4.69, 9.17) is 4.74 Å². The van der Waals surface area contributed by atoms with Crippen LogP contribution >= 0.6 is 0 Å². The van der Waals surface area contributed by atoms with Crippen molar-refractivity contribution in [2.24, 2.45) is 16.7 Å². The lowest BCUT2D eigenvalue weighted by atomic mass is 9.48. The molecular formula is C21H26O3. The van der Waals surface area contributed by atoms with Crippen LogP contribution in [0.3, 0.4) is 0 Å². The van der Waals surface area contributed by atoms with Crippen molar-refractivity contribution >= 4 is 0 Å². The standard InChI is InChI=1S/C21H26O3/c1-19-8-7-16-15-5-4-14(24-2)11-13(15)3-6-17(16)20(19)9-10-21(19,23)18(22)12-20/h4-5,9-11,16-18,22-23H,3,6-8,12H2,1-2H3/t16-,17+,18+,19+,20+,21-/m1/s1. The molecule has 4 aliphatic rings. The Morgan fingerprint density at radius 1 is 1.21 bits per heavy atom. The molecule has 24 heavy (non-hydrogen) atoms. The van der Waals surface area contributed by atoms with Crippen LogP contribution in [-0.2, 0) is 6.42 Å². The second-order valence-corrected chi connectivity index (χ2v) is 8.61. The highest BCUT2D eigenvalue weighted by atomic mass is 16.5. The van der Waals surface area contributed by atoms with Crippen molar-refractivity contribution < 1.29 is 14.9 Å². The fourth-order valence-corrected chi connectivity index (χ4v) is 6.81. The largest absolute Gasteiger partial charge is 0.497 e. The minimum absolute atomic E-state index is 0.0539. The molecule has 128 valence electrons. The van der Waals surface area contributed by atoms with Gasteiger partial charge in [0.05, 0.1) is 13.2 Å². The Kier molecular flexibility index (Phi) is 2.77. The number of aliphatic hydroxyl groups excluding tert-OH is 1. The van der Waals surface area contributed by atoms with Crippen LogP contribution in [0.25, 0.3) is 0 Å². The number of hydrogen-bond acceptors (Lipinski definition) is 3. The number of benzene rings is 1. The van der Waals surface area contributed by atoms with Crippen LogP contribution < -0.4 is 4.74 Å². The van der Waals surface area contributed by atoms with Gasteiger partial charge in [-0.2, -0.15) is 0 Å². The summed E-state index contributed by atoms with van der Waals surface area (Å²) in [6.07, 6.45) is 8.55. The molecule has 0 heterocycles. The maximum Gasteiger partial charge on any atom is 0.119 e. The van der Waals surface area contributed by atoms with Crippen LogP contribution in [0, 0.1) is 16.7 Å². The summed E-state index contributed by atoms with van der Waals surface area (Å²) in [6.45, 7) is 2.21. The second kappa shape index (κ2) is 4.44. The molecule has 0 unspecified atom stereocenters. The van der Waals surface area contributed by atoms with E-state index in [1.54, 1.807) is 7.11 Å². The molecule has 3 nitrogen and oxygen atoms in total. The predicted octanol–water partition coefficient (Wildman–Crippen LogP) is 3.19. The highest BCUT2D eigenvalue weighted by Gasteiger charge is 2.74. The molecular weight excluding hydrogens is 300 g/mol. The van der Waals surface area contributed by atoms with Crippen LogP contribution in [0.4, 0.5) is 0 Å². The Bertz CT molecular complexity index is 741. The summed E-state index contributed by atoms with van der Waals surface area (Å²) in [5, 5.41) is 21.8. The Labute approximate surface area is 143 Å². The van der Waals surface area contributed by atoms with Crippen molar-refractivity contribution in [1.29, 1.82) is 0 Å². The Balaban J connectivity index is 1.61. The maximum absolute atomic E-state index is 11.2. The number of methoxy groups -OCH3 is 1. The van der Waals surface area contributed by atoms with Crippen molar-refractivity contribution in [2.45, 2.75) is 56.7 Å². The van der Waals surface area contributed by atoms with Crippen molar-refractivity contribution in [2.75, 3.05) is 7.11 Å².